The summed E-state index contributed by atoms with van der Waals surface area (Å²) in [4.78, 5) is 28.3. The molecule has 2 aliphatic rings. The average molecular weight is 618 g/mol. The summed E-state index contributed by atoms with van der Waals surface area (Å²) in [5.41, 5.74) is -2.57. The summed E-state index contributed by atoms with van der Waals surface area (Å²) in [6.07, 6.45) is 0.209. The lowest BCUT2D eigenvalue weighted by Gasteiger charge is -2.44. The number of aliphatic hydroxyl groups is 1. The van der Waals surface area contributed by atoms with Crippen LogP contribution < -0.4 is 5.32 Å². The summed E-state index contributed by atoms with van der Waals surface area (Å²) >= 11 is 12.3. The number of ether oxygens (including phenoxy) is 2. The summed E-state index contributed by atoms with van der Waals surface area (Å²) in [5, 5.41) is 25.8. The van der Waals surface area contributed by atoms with Gasteiger partial charge in [-0.2, -0.15) is 0 Å². The summed E-state index contributed by atoms with van der Waals surface area (Å²) < 4.78 is 28.1. The maximum Gasteiger partial charge on any atom is 0.308 e. The molecule has 1 saturated heterocycles. The van der Waals surface area contributed by atoms with E-state index in [2.05, 4.69) is 5.32 Å². The Morgan fingerprint density at radius 1 is 1.19 bits per heavy atom. The van der Waals surface area contributed by atoms with Gasteiger partial charge in [-0.1, -0.05) is 54.4 Å². The van der Waals surface area contributed by atoms with Crippen molar-refractivity contribution in [3.8, 4) is 0 Å². The highest BCUT2D eigenvalue weighted by Gasteiger charge is 2.58. The van der Waals surface area contributed by atoms with Crippen molar-refractivity contribution < 1.29 is 33.7 Å². The number of halogens is 3. The monoisotopic (exact) mass is 616 g/mol. The SMILES string of the molecule is CC[C@@](O)(c1cc(F)c2c(c1)C(=O)N([C@H](c1ccc(Cl)cc1)[C@H](C)C(=O)O)[C@@]2(OC)c1ccc(Cl)cc1)C1COCN1. The number of aliphatic carboxylic acids is 1. The number of hydrogen-bond acceptors (Lipinski definition) is 6. The van der Waals surface area contributed by atoms with E-state index in [4.69, 9.17) is 32.7 Å². The highest BCUT2D eigenvalue weighted by atomic mass is 35.5. The number of carbonyl (C=O) groups excluding carboxylic acids is 1. The van der Waals surface area contributed by atoms with Crippen molar-refractivity contribution in [2.75, 3.05) is 20.4 Å². The Hall–Kier alpha value is -3.05. The van der Waals surface area contributed by atoms with Crippen molar-refractivity contribution in [3.05, 3.63) is 104 Å². The molecule has 0 spiro atoms. The van der Waals surface area contributed by atoms with Crippen molar-refractivity contribution in [3.63, 3.8) is 0 Å². The molecule has 0 bridgehead atoms. The normalized spacial score (nSPS) is 23.0. The van der Waals surface area contributed by atoms with Gasteiger partial charge in [0.25, 0.3) is 5.91 Å². The van der Waals surface area contributed by atoms with E-state index in [9.17, 15) is 19.8 Å². The molecular weight excluding hydrogens is 586 g/mol. The van der Waals surface area contributed by atoms with Crippen LogP contribution in [0.1, 0.15) is 58.9 Å². The molecule has 2 heterocycles. The van der Waals surface area contributed by atoms with E-state index < -0.39 is 47.0 Å². The van der Waals surface area contributed by atoms with Crippen molar-refractivity contribution in [2.24, 2.45) is 5.92 Å². The molecule has 2 aliphatic heterocycles. The summed E-state index contributed by atoms with van der Waals surface area (Å²) in [7, 11) is 1.34. The van der Waals surface area contributed by atoms with Gasteiger partial charge >= 0.3 is 5.97 Å². The van der Waals surface area contributed by atoms with Crippen LogP contribution in [-0.2, 0) is 25.6 Å². The van der Waals surface area contributed by atoms with Crippen LogP contribution in [0.4, 0.5) is 4.39 Å². The molecule has 0 saturated carbocycles. The lowest BCUT2D eigenvalue weighted by molar-refractivity contribution is -0.149. The molecule has 0 aromatic heterocycles. The van der Waals surface area contributed by atoms with Gasteiger partial charge < -0.3 is 19.7 Å². The second-order valence-corrected chi connectivity index (χ2v) is 11.5. The minimum absolute atomic E-state index is 0.0517. The lowest BCUT2D eigenvalue weighted by Crippen LogP contribution is -2.51. The van der Waals surface area contributed by atoms with E-state index in [1.165, 1.54) is 31.1 Å². The number of hydrogen-bond donors (Lipinski definition) is 3. The third kappa shape index (κ3) is 4.78. The van der Waals surface area contributed by atoms with Gasteiger partial charge in [0.1, 0.15) is 11.4 Å². The Balaban J connectivity index is 1.81. The molecule has 1 fully saturated rings. The van der Waals surface area contributed by atoms with Gasteiger partial charge in [0.05, 0.1) is 42.5 Å². The molecule has 3 aromatic rings. The zero-order valence-corrected chi connectivity index (χ0v) is 24.7. The molecule has 3 N–H and O–H groups in total. The maximum absolute atomic E-state index is 16.6. The molecular formula is C31H31Cl2FN2O6. The van der Waals surface area contributed by atoms with E-state index in [1.807, 2.05) is 0 Å². The molecule has 42 heavy (non-hydrogen) atoms. The first-order valence-corrected chi connectivity index (χ1v) is 14.3. The Morgan fingerprint density at radius 2 is 1.81 bits per heavy atom. The molecule has 8 nitrogen and oxygen atoms in total. The number of rotatable bonds is 9. The standard InChI is InChI=1S/C31H31Cl2FN2O6/c1-4-30(40,25-15-42-16-35-25)20-13-23-26(24(34)14-20)31(41-3,19-7-11-22(33)12-8-19)36(28(23)37)27(17(2)29(38)39)18-5-9-21(32)10-6-18/h5-14,17,25,27,35,40H,4,15-16H2,1-3H3,(H,38,39)/t17-,25?,27-,30+,31+/m0/s1. The average Bonchev–Trinajstić information content (AvgIpc) is 3.61. The minimum Gasteiger partial charge on any atom is -0.481 e. The molecule has 1 unspecified atom stereocenters. The number of carboxylic acids is 1. The van der Waals surface area contributed by atoms with Crippen LogP contribution in [0, 0.1) is 11.7 Å². The predicted molar refractivity (Wildman–Crippen MR) is 155 cm³/mol. The Bertz CT molecular complexity index is 1500. The van der Waals surface area contributed by atoms with Crippen molar-refractivity contribution >= 4 is 35.1 Å². The Labute approximate surface area is 252 Å². The topological polar surface area (TPSA) is 108 Å². The highest BCUT2D eigenvalue weighted by Crippen LogP contribution is 2.52. The highest BCUT2D eigenvalue weighted by molar-refractivity contribution is 6.30. The molecule has 0 aliphatic carbocycles. The fourth-order valence-electron chi connectivity index (χ4n) is 6.17. The molecule has 1 amide bonds. The van der Waals surface area contributed by atoms with Crippen LogP contribution in [0.2, 0.25) is 10.0 Å². The van der Waals surface area contributed by atoms with Crippen LogP contribution in [0.25, 0.3) is 0 Å². The number of carboxylic acid groups (broad SMARTS) is 1. The lowest BCUT2D eigenvalue weighted by atomic mass is 9.81. The summed E-state index contributed by atoms with van der Waals surface area (Å²) in [5.74, 6) is -3.78. The van der Waals surface area contributed by atoms with Gasteiger partial charge in [0.15, 0.2) is 5.72 Å². The third-order valence-corrected chi connectivity index (χ3v) is 8.94. The molecule has 0 radical (unpaired) electrons. The maximum atomic E-state index is 16.6. The summed E-state index contributed by atoms with van der Waals surface area (Å²) in [6.45, 7) is 3.66. The van der Waals surface area contributed by atoms with Gasteiger partial charge in [-0.3, -0.25) is 19.8 Å². The number of benzene rings is 3. The third-order valence-electron chi connectivity index (χ3n) is 8.43. The Kier molecular flexibility index (Phi) is 8.37. The number of methoxy groups -OCH3 is 1. The van der Waals surface area contributed by atoms with E-state index in [0.717, 1.165) is 0 Å². The van der Waals surface area contributed by atoms with Gasteiger partial charge in [-0.05, 0) is 60.9 Å². The first kappa shape index (κ1) is 30.4. The molecule has 5 rings (SSSR count). The number of nitrogens with zero attached hydrogens (tertiary/aromatic N) is 1. The smallest absolute Gasteiger partial charge is 0.308 e. The van der Waals surface area contributed by atoms with E-state index in [0.29, 0.717) is 21.2 Å². The Morgan fingerprint density at radius 3 is 2.33 bits per heavy atom. The second-order valence-electron chi connectivity index (χ2n) is 10.6. The second kappa shape index (κ2) is 11.6. The number of nitrogens with one attached hydrogen (secondary N) is 1. The minimum atomic E-state index is -1.88. The zero-order valence-electron chi connectivity index (χ0n) is 23.2. The molecule has 3 aromatic carbocycles. The van der Waals surface area contributed by atoms with E-state index >= 15 is 4.39 Å². The van der Waals surface area contributed by atoms with Gasteiger partial charge in [0.2, 0.25) is 0 Å². The molecule has 5 atom stereocenters. The molecule has 222 valence electrons. The van der Waals surface area contributed by atoms with Crippen molar-refractivity contribution in [2.45, 2.75) is 43.7 Å². The fourth-order valence-corrected chi connectivity index (χ4v) is 6.42. The van der Waals surface area contributed by atoms with Gasteiger partial charge in [0, 0.05) is 22.7 Å². The van der Waals surface area contributed by atoms with Gasteiger partial charge in [-0.15, -0.1) is 0 Å². The summed E-state index contributed by atoms with van der Waals surface area (Å²) in [6, 6.07) is 13.9. The van der Waals surface area contributed by atoms with Crippen LogP contribution in [0.15, 0.2) is 60.7 Å². The molecule has 11 heteroatoms. The quantitative estimate of drug-likeness (QED) is 0.294. The first-order valence-electron chi connectivity index (χ1n) is 13.5. The van der Waals surface area contributed by atoms with Crippen molar-refractivity contribution in [1.82, 2.24) is 10.2 Å². The number of carbonyl (C=O) groups is 2. The van der Waals surface area contributed by atoms with Crippen LogP contribution >= 0.6 is 23.2 Å². The first-order chi connectivity index (χ1) is 20.0. The van der Waals surface area contributed by atoms with Gasteiger partial charge in [-0.25, -0.2) is 4.39 Å². The number of fused-ring (bicyclic) bond motifs is 1. The predicted octanol–water partition coefficient (Wildman–Crippen LogP) is 5.44. The van der Waals surface area contributed by atoms with E-state index in [1.54, 1.807) is 55.5 Å². The number of amides is 1. The van der Waals surface area contributed by atoms with Crippen LogP contribution in [-0.4, -0.2) is 53.5 Å². The van der Waals surface area contributed by atoms with E-state index in [-0.39, 0.29) is 36.4 Å². The van der Waals surface area contributed by atoms with Crippen molar-refractivity contribution in [1.29, 1.82) is 0 Å². The zero-order chi connectivity index (χ0) is 30.4. The largest absolute Gasteiger partial charge is 0.481 e. The fraction of sp³-hybridized carbons (Fsp3) is 0.355. The van der Waals surface area contributed by atoms with Crippen LogP contribution in [0.5, 0.6) is 0 Å². The van der Waals surface area contributed by atoms with Crippen LogP contribution in [0.3, 0.4) is 0 Å².